The molecule has 1 unspecified atom stereocenters. The summed E-state index contributed by atoms with van der Waals surface area (Å²) in [5, 5.41) is 8.90. The molecule has 1 N–H and O–H groups in total. The quantitative estimate of drug-likeness (QED) is 0.380. The third-order valence-corrected chi connectivity index (χ3v) is 1.20. The summed E-state index contributed by atoms with van der Waals surface area (Å²) in [5.41, 5.74) is 0.131. The summed E-state index contributed by atoms with van der Waals surface area (Å²) in [5.74, 6) is -1.72. The third kappa shape index (κ3) is 3.30. The Bertz CT molecular complexity index is 207. The lowest BCUT2D eigenvalue weighted by Crippen LogP contribution is -2.25. The van der Waals surface area contributed by atoms with Crippen LogP contribution in [0.5, 0.6) is 0 Å². The van der Waals surface area contributed by atoms with Crippen LogP contribution >= 0.6 is 0 Å². The molecule has 0 aliphatic heterocycles. The van der Waals surface area contributed by atoms with Gasteiger partial charge in [0.05, 0.1) is 0 Å². The van der Waals surface area contributed by atoms with Crippen molar-refractivity contribution in [2.24, 2.45) is 0 Å². The molecule has 0 amide bonds. The minimum absolute atomic E-state index is 0.131. The fourth-order valence-electron chi connectivity index (χ4n) is 0.413. The summed E-state index contributed by atoms with van der Waals surface area (Å²) in [7, 11) is 0. The van der Waals surface area contributed by atoms with Crippen molar-refractivity contribution >= 4 is 11.9 Å². The summed E-state index contributed by atoms with van der Waals surface area (Å²) in [4.78, 5) is 21.5. The van der Waals surface area contributed by atoms with Gasteiger partial charge in [0.1, 0.15) is 0 Å². The topological polar surface area (TPSA) is 63.6 Å². The third-order valence-electron chi connectivity index (χ3n) is 1.20. The van der Waals surface area contributed by atoms with E-state index in [1.165, 1.54) is 6.92 Å². The average molecular weight is 172 g/mol. The SMILES string of the molecule is C=C(C)C(=O)OC(=O)C(O)CC. The lowest BCUT2D eigenvalue weighted by molar-refractivity contribution is -0.163. The molecule has 12 heavy (non-hydrogen) atoms. The van der Waals surface area contributed by atoms with Crippen molar-refractivity contribution < 1.29 is 19.4 Å². The van der Waals surface area contributed by atoms with Crippen LogP contribution in [0, 0.1) is 0 Å². The Labute approximate surface area is 70.8 Å². The highest BCUT2D eigenvalue weighted by molar-refractivity contribution is 5.96. The standard InChI is InChI=1S/C8H12O4/c1-4-6(9)8(11)12-7(10)5(2)3/h6,9H,2,4H2,1,3H3. The molecule has 0 bridgehead atoms. The van der Waals surface area contributed by atoms with Crippen LogP contribution < -0.4 is 0 Å². The van der Waals surface area contributed by atoms with Gasteiger partial charge >= 0.3 is 11.9 Å². The molecule has 1 atom stereocenters. The average Bonchev–Trinajstić information content (AvgIpc) is 2.02. The number of rotatable bonds is 3. The molecule has 0 aromatic heterocycles. The van der Waals surface area contributed by atoms with Crippen LogP contribution in [0.2, 0.25) is 0 Å². The first kappa shape index (κ1) is 10.8. The van der Waals surface area contributed by atoms with Gasteiger partial charge in [0, 0.05) is 5.57 Å². The highest BCUT2D eigenvalue weighted by atomic mass is 16.6. The highest BCUT2D eigenvalue weighted by Gasteiger charge is 2.18. The van der Waals surface area contributed by atoms with Crippen molar-refractivity contribution in [2.45, 2.75) is 26.4 Å². The van der Waals surface area contributed by atoms with Crippen LogP contribution in [0.25, 0.3) is 0 Å². The zero-order chi connectivity index (χ0) is 9.72. The molecule has 0 heterocycles. The molecule has 0 aliphatic carbocycles. The molecule has 0 radical (unpaired) electrons. The molecule has 68 valence electrons. The van der Waals surface area contributed by atoms with E-state index in [0.717, 1.165) is 0 Å². The lowest BCUT2D eigenvalue weighted by Gasteiger charge is -2.05. The Morgan fingerprint density at radius 2 is 2.08 bits per heavy atom. The largest absolute Gasteiger partial charge is 0.388 e. The van der Waals surface area contributed by atoms with Crippen LogP contribution in [0.15, 0.2) is 12.2 Å². The van der Waals surface area contributed by atoms with Crippen molar-refractivity contribution in [1.29, 1.82) is 0 Å². The Morgan fingerprint density at radius 1 is 1.58 bits per heavy atom. The normalized spacial score (nSPS) is 11.9. The Kier molecular flexibility index (Phi) is 4.21. The monoisotopic (exact) mass is 172 g/mol. The Morgan fingerprint density at radius 3 is 2.42 bits per heavy atom. The Hall–Kier alpha value is -1.16. The van der Waals surface area contributed by atoms with Gasteiger partial charge in [-0.2, -0.15) is 0 Å². The molecule has 0 saturated carbocycles. The molecule has 0 aliphatic rings. The van der Waals surface area contributed by atoms with Gasteiger partial charge in [0.2, 0.25) is 0 Å². The summed E-state index contributed by atoms with van der Waals surface area (Å²) in [6.07, 6.45) is -1.00. The van der Waals surface area contributed by atoms with Crippen molar-refractivity contribution in [3.63, 3.8) is 0 Å². The summed E-state index contributed by atoms with van der Waals surface area (Å²) < 4.78 is 4.24. The van der Waals surface area contributed by atoms with Crippen molar-refractivity contribution in [3.8, 4) is 0 Å². The first-order valence-electron chi connectivity index (χ1n) is 3.58. The second-order valence-electron chi connectivity index (χ2n) is 2.41. The molecule has 4 nitrogen and oxygen atoms in total. The van der Waals surface area contributed by atoms with Gasteiger partial charge in [-0.25, -0.2) is 9.59 Å². The maximum absolute atomic E-state index is 10.8. The second-order valence-corrected chi connectivity index (χ2v) is 2.41. The van der Waals surface area contributed by atoms with Gasteiger partial charge in [-0.1, -0.05) is 13.5 Å². The number of esters is 2. The fourth-order valence-corrected chi connectivity index (χ4v) is 0.413. The molecule has 0 spiro atoms. The summed E-state index contributed by atoms with van der Waals surface area (Å²) in [6, 6.07) is 0. The van der Waals surface area contributed by atoms with Crippen molar-refractivity contribution in [2.75, 3.05) is 0 Å². The van der Waals surface area contributed by atoms with Gasteiger partial charge in [-0.3, -0.25) is 0 Å². The number of carbonyl (C=O) groups is 2. The molecule has 4 heteroatoms. The highest BCUT2D eigenvalue weighted by Crippen LogP contribution is 1.98. The maximum Gasteiger partial charge on any atom is 0.342 e. The number of carbonyl (C=O) groups excluding carboxylic acids is 2. The van der Waals surface area contributed by atoms with Crippen LogP contribution in [-0.2, 0) is 14.3 Å². The number of ether oxygens (including phenoxy) is 1. The smallest absolute Gasteiger partial charge is 0.342 e. The first-order valence-corrected chi connectivity index (χ1v) is 3.58. The van der Waals surface area contributed by atoms with E-state index in [-0.39, 0.29) is 12.0 Å². The zero-order valence-corrected chi connectivity index (χ0v) is 7.16. The lowest BCUT2D eigenvalue weighted by atomic mass is 10.3. The molecular formula is C8H12O4. The van der Waals surface area contributed by atoms with E-state index in [1.54, 1.807) is 6.92 Å². The number of aliphatic hydroxyl groups excluding tert-OH is 1. The molecule has 0 rings (SSSR count). The van der Waals surface area contributed by atoms with Crippen molar-refractivity contribution in [3.05, 3.63) is 12.2 Å². The van der Waals surface area contributed by atoms with Crippen molar-refractivity contribution in [1.82, 2.24) is 0 Å². The van der Waals surface area contributed by atoms with E-state index in [9.17, 15) is 9.59 Å². The summed E-state index contributed by atoms with van der Waals surface area (Å²) >= 11 is 0. The van der Waals surface area contributed by atoms with E-state index >= 15 is 0 Å². The Balaban J connectivity index is 4.01. The molecule has 0 saturated heterocycles. The number of aliphatic hydroxyl groups is 1. The maximum atomic E-state index is 10.8. The second kappa shape index (κ2) is 4.66. The van der Waals surface area contributed by atoms with E-state index in [4.69, 9.17) is 5.11 Å². The van der Waals surface area contributed by atoms with E-state index < -0.39 is 18.0 Å². The van der Waals surface area contributed by atoms with Crippen LogP contribution in [-0.4, -0.2) is 23.1 Å². The predicted molar refractivity (Wildman–Crippen MR) is 42.2 cm³/mol. The fraction of sp³-hybridized carbons (Fsp3) is 0.500. The zero-order valence-electron chi connectivity index (χ0n) is 7.16. The van der Waals surface area contributed by atoms with Crippen LogP contribution in [0.4, 0.5) is 0 Å². The molecule has 0 aromatic rings. The number of hydrogen-bond acceptors (Lipinski definition) is 4. The molecule has 0 aromatic carbocycles. The predicted octanol–water partition coefficient (Wildman–Crippen LogP) is 0.403. The summed E-state index contributed by atoms with van der Waals surface area (Å²) in [6.45, 7) is 6.32. The van der Waals surface area contributed by atoms with Gasteiger partial charge in [-0.05, 0) is 13.3 Å². The van der Waals surface area contributed by atoms with Gasteiger partial charge < -0.3 is 9.84 Å². The van der Waals surface area contributed by atoms with Gasteiger partial charge in [-0.15, -0.1) is 0 Å². The van der Waals surface area contributed by atoms with Gasteiger partial charge in [0.25, 0.3) is 0 Å². The number of hydrogen-bond donors (Lipinski definition) is 1. The van der Waals surface area contributed by atoms with E-state index in [2.05, 4.69) is 11.3 Å². The first-order chi connectivity index (χ1) is 5.49. The van der Waals surface area contributed by atoms with E-state index in [0.29, 0.717) is 0 Å². The van der Waals surface area contributed by atoms with Crippen LogP contribution in [0.1, 0.15) is 20.3 Å². The van der Waals surface area contributed by atoms with E-state index in [1.807, 2.05) is 0 Å². The van der Waals surface area contributed by atoms with Gasteiger partial charge in [0.15, 0.2) is 6.10 Å². The van der Waals surface area contributed by atoms with Crippen LogP contribution in [0.3, 0.4) is 0 Å². The molecule has 0 fully saturated rings. The molecular weight excluding hydrogens is 160 g/mol. The minimum atomic E-state index is -1.23. The minimum Gasteiger partial charge on any atom is -0.388 e.